The van der Waals surface area contributed by atoms with Gasteiger partial charge in [-0.05, 0) is 32.1 Å². The third-order valence-corrected chi connectivity index (χ3v) is 7.86. The number of aromatic nitrogens is 6. The van der Waals surface area contributed by atoms with Gasteiger partial charge in [0.1, 0.15) is 10.0 Å². The maximum absolute atomic E-state index is 12.5. The van der Waals surface area contributed by atoms with Crippen LogP contribution in [0.4, 0.5) is 10.3 Å². The summed E-state index contributed by atoms with van der Waals surface area (Å²) in [6.45, 7) is 5.96. The zero-order valence-electron chi connectivity index (χ0n) is 21.1. The van der Waals surface area contributed by atoms with Crippen LogP contribution in [0.15, 0.2) is 29.3 Å². The van der Waals surface area contributed by atoms with E-state index in [-0.39, 0.29) is 36.5 Å². The van der Waals surface area contributed by atoms with Crippen molar-refractivity contribution in [2.75, 3.05) is 10.6 Å². The van der Waals surface area contributed by atoms with Crippen LogP contribution in [0.25, 0.3) is 0 Å². The highest BCUT2D eigenvalue weighted by atomic mass is 32.1. The number of anilines is 2. The SMILES string of the molecule is C/C=C(CC(=O)Nc1nnc([C@H]2CCC[C@H](c3nnc(NC(=O)Cc4c[nH]cn4)s3)C2)s1)\N=C/C(C)C. The van der Waals surface area contributed by atoms with E-state index in [1.807, 2.05) is 33.1 Å². The van der Waals surface area contributed by atoms with Gasteiger partial charge in [0.25, 0.3) is 0 Å². The van der Waals surface area contributed by atoms with Crippen LogP contribution in [0.2, 0.25) is 0 Å². The van der Waals surface area contributed by atoms with E-state index >= 15 is 0 Å². The molecule has 3 aromatic rings. The van der Waals surface area contributed by atoms with Crippen LogP contribution in [0, 0.1) is 5.92 Å². The fraction of sp³-hybridized carbons (Fsp3) is 0.500. The maximum atomic E-state index is 12.5. The molecule has 11 nitrogen and oxygen atoms in total. The largest absolute Gasteiger partial charge is 0.351 e. The minimum absolute atomic E-state index is 0.158. The molecular formula is C24H31N9O2S2. The van der Waals surface area contributed by atoms with Crippen molar-refractivity contribution in [2.24, 2.45) is 10.9 Å². The summed E-state index contributed by atoms with van der Waals surface area (Å²) >= 11 is 2.84. The number of imidazole rings is 1. The molecule has 0 aromatic carbocycles. The first-order valence-corrected chi connectivity index (χ1v) is 14.0. The Morgan fingerprint density at radius 3 is 2.30 bits per heavy atom. The molecule has 0 radical (unpaired) electrons. The van der Waals surface area contributed by atoms with E-state index in [9.17, 15) is 9.59 Å². The van der Waals surface area contributed by atoms with Crippen molar-refractivity contribution in [3.8, 4) is 0 Å². The quantitative estimate of drug-likeness (QED) is 0.315. The average molecular weight is 542 g/mol. The number of aliphatic imine (C=N–C) groups is 1. The van der Waals surface area contributed by atoms with Gasteiger partial charge in [0.05, 0.1) is 24.9 Å². The lowest BCUT2D eigenvalue weighted by molar-refractivity contribution is -0.116. The standard InChI is InChI=1S/C24H31N9O2S2/c1-4-17(26-11-14(2)3)9-19(34)28-23-32-30-21(36-23)15-6-5-7-16(8-15)22-31-33-24(37-22)29-20(35)10-18-12-25-13-27-18/h4,11-16H,5-10H2,1-3H3,(H,25,27)(H,28,32,34)(H,29,33,35)/b17-4-,26-11-/t15-,16-/m0/s1. The zero-order valence-corrected chi connectivity index (χ0v) is 22.7. The third kappa shape index (κ3) is 7.83. The molecule has 0 saturated heterocycles. The van der Waals surface area contributed by atoms with E-state index in [0.29, 0.717) is 21.9 Å². The van der Waals surface area contributed by atoms with Crippen LogP contribution in [-0.2, 0) is 16.0 Å². The number of carbonyl (C=O) groups is 2. The topological polar surface area (TPSA) is 151 Å². The summed E-state index contributed by atoms with van der Waals surface area (Å²) in [5.41, 5.74) is 1.40. The van der Waals surface area contributed by atoms with Crippen molar-refractivity contribution in [1.29, 1.82) is 0 Å². The van der Waals surface area contributed by atoms with Crippen molar-refractivity contribution in [2.45, 2.75) is 71.1 Å². The van der Waals surface area contributed by atoms with Gasteiger partial charge in [-0.2, -0.15) is 0 Å². The number of rotatable bonds is 10. The summed E-state index contributed by atoms with van der Waals surface area (Å²) < 4.78 is 0. The van der Waals surface area contributed by atoms with E-state index in [1.165, 1.54) is 22.7 Å². The summed E-state index contributed by atoms with van der Waals surface area (Å²) in [4.78, 5) is 36.0. The molecule has 3 heterocycles. The predicted molar refractivity (Wildman–Crippen MR) is 145 cm³/mol. The smallest absolute Gasteiger partial charge is 0.232 e. The van der Waals surface area contributed by atoms with Gasteiger partial charge < -0.3 is 15.6 Å². The van der Waals surface area contributed by atoms with Crippen LogP contribution in [0.1, 0.15) is 80.4 Å². The first-order chi connectivity index (χ1) is 17.9. The molecular weight excluding hydrogens is 510 g/mol. The van der Waals surface area contributed by atoms with Gasteiger partial charge >= 0.3 is 0 Å². The van der Waals surface area contributed by atoms with Gasteiger partial charge in [-0.1, -0.05) is 49.0 Å². The Hall–Kier alpha value is -3.32. The molecule has 0 unspecified atom stereocenters. The number of nitrogens with one attached hydrogen (secondary N) is 3. The summed E-state index contributed by atoms with van der Waals surface area (Å²) in [6.07, 6.45) is 11.2. The molecule has 13 heteroatoms. The Morgan fingerprint density at radius 1 is 1.08 bits per heavy atom. The average Bonchev–Trinajstić information content (AvgIpc) is 3.65. The van der Waals surface area contributed by atoms with Crippen molar-refractivity contribution >= 4 is 51.0 Å². The van der Waals surface area contributed by atoms with Gasteiger partial charge in [-0.25, -0.2) is 4.98 Å². The lowest BCUT2D eigenvalue weighted by Crippen LogP contribution is -2.14. The molecule has 1 saturated carbocycles. The van der Waals surface area contributed by atoms with Gasteiger partial charge in [0.15, 0.2) is 0 Å². The van der Waals surface area contributed by atoms with E-state index in [1.54, 1.807) is 12.5 Å². The van der Waals surface area contributed by atoms with Gasteiger partial charge in [-0.15, -0.1) is 20.4 Å². The fourth-order valence-electron chi connectivity index (χ4n) is 4.05. The highest BCUT2D eigenvalue weighted by Crippen LogP contribution is 2.43. The van der Waals surface area contributed by atoms with Crippen molar-refractivity contribution in [3.05, 3.63) is 40.0 Å². The Bertz CT molecular complexity index is 1250. The highest BCUT2D eigenvalue weighted by Gasteiger charge is 2.29. The van der Waals surface area contributed by atoms with E-state index in [4.69, 9.17) is 0 Å². The van der Waals surface area contributed by atoms with E-state index in [2.05, 4.69) is 46.0 Å². The molecule has 3 N–H and O–H groups in total. The van der Waals surface area contributed by atoms with Crippen LogP contribution < -0.4 is 10.6 Å². The second-order valence-electron chi connectivity index (χ2n) is 9.26. The molecule has 1 aliphatic carbocycles. The third-order valence-electron chi connectivity index (χ3n) is 5.86. The summed E-state index contributed by atoms with van der Waals surface area (Å²) in [6, 6.07) is 0. The minimum atomic E-state index is -0.173. The molecule has 4 rings (SSSR count). The Morgan fingerprint density at radius 2 is 1.73 bits per heavy atom. The summed E-state index contributed by atoms with van der Waals surface area (Å²) in [7, 11) is 0. The number of aromatic amines is 1. The number of H-pyrrole nitrogens is 1. The van der Waals surface area contributed by atoms with Gasteiger partial charge in [0, 0.05) is 29.9 Å². The molecule has 0 bridgehead atoms. The molecule has 3 aromatic heterocycles. The predicted octanol–water partition coefficient (Wildman–Crippen LogP) is 4.69. The van der Waals surface area contributed by atoms with Crippen molar-refractivity contribution < 1.29 is 9.59 Å². The van der Waals surface area contributed by atoms with Gasteiger partial charge in [0.2, 0.25) is 22.1 Å². The van der Waals surface area contributed by atoms with Crippen molar-refractivity contribution in [1.82, 2.24) is 30.4 Å². The van der Waals surface area contributed by atoms with E-state index in [0.717, 1.165) is 41.4 Å². The lowest BCUT2D eigenvalue weighted by Gasteiger charge is -2.25. The Labute approximate surface area is 223 Å². The van der Waals surface area contributed by atoms with Gasteiger partial charge in [-0.3, -0.25) is 14.6 Å². The zero-order chi connectivity index (χ0) is 26.2. The molecule has 37 heavy (non-hydrogen) atoms. The lowest BCUT2D eigenvalue weighted by atomic mass is 9.82. The number of amides is 2. The molecule has 196 valence electrons. The normalized spacial score (nSPS) is 18.4. The second kappa shape index (κ2) is 12.8. The second-order valence-corrected chi connectivity index (χ2v) is 11.3. The minimum Gasteiger partial charge on any atom is -0.351 e. The Balaban J connectivity index is 1.31. The molecule has 2 atom stereocenters. The van der Waals surface area contributed by atoms with Crippen molar-refractivity contribution in [3.63, 3.8) is 0 Å². The first kappa shape index (κ1) is 26.7. The molecule has 1 fully saturated rings. The fourth-order valence-corrected chi connectivity index (χ4v) is 5.86. The number of hydrogen-bond donors (Lipinski definition) is 3. The summed E-state index contributed by atoms with van der Waals surface area (Å²) in [5, 5.41) is 25.6. The number of nitrogens with zero attached hydrogens (tertiary/aromatic N) is 6. The van der Waals surface area contributed by atoms with Crippen LogP contribution in [0.3, 0.4) is 0 Å². The van der Waals surface area contributed by atoms with Crippen LogP contribution >= 0.6 is 22.7 Å². The number of carbonyl (C=O) groups excluding carboxylic acids is 2. The van der Waals surface area contributed by atoms with Crippen LogP contribution in [-0.4, -0.2) is 48.4 Å². The van der Waals surface area contributed by atoms with Crippen LogP contribution in [0.5, 0.6) is 0 Å². The van der Waals surface area contributed by atoms with E-state index < -0.39 is 0 Å². The summed E-state index contributed by atoms with van der Waals surface area (Å²) in [5.74, 6) is 0.472. The molecule has 2 amide bonds. The number of hydrogen-bond acceptors (Lipinski definition) is 10. The molecule has 0 spiro atoms. The Kier molecular flexibility index (Phi) is 9.23. The highest BCUT2D eigenvalue weighted by molar-refractivity contribution is 7.15. The molecule has 1 aliphatic rings. The molecule has 0 aliphatic heterocycles. The monoisotopic (exact) mass is 541 g/mol. The maximum Gasteiger partial charge on any atom is 0.232 e. The first-order valence-electron chi connectivity index (χ1n) is 12.3. The number of allylic oxidation sites excluding steroid dienone is 1.